The molecule has 0 aromatic rings. The van der Waals surface area contributed by atoms with Crippen molar-refractivity contribution in [2.24, 2.45) is 17.8 Å². The molecule has 4 fully saturated rings. The van der Waals surface area contributed by atoms with E-state index in [0.29, 0.717) is 19.3 Å². The van der Waals surface area contributed by atoms with Crippen LogP contribution in [0.2, 0.25) is 90.7 Å². The van der Waals surface area contributed by atoms with Gasteiger partial charge in [0.2, 0.25) is 5.79 Å². The number of aliphatic hydroxyl groups is 3. The van der Waals surface area contributed by atoms with E-state index in [1.807, 2.05) is 60.6 Å². The number of allylic oxidation sites excluding steroid dienone is 7. The summed E-state index contributed by atoms with van der Waals surface area (Å²) in [6, 6.07) is 11.0. The van der Waals surface area contributed by atoms with Crippen molar-refractivity contribution in [2.75, 3.05) is 42.2 Å². The van der Waals surface area contributed by atoms with Gasteiger partial charge in [0.25, 0.3) is 0 Å². The van der Waals surface area contributed by atoms with E-state index in [1.165, 1.54) is 14.2 Å². The second-order valence-electron chi connectivity index (χ2n) is 36.2. The number of aliphatic carboxylic acids is 1. The maximum atomic E-state index is 13.0. The summed E-state index contributed by atoms with van der Waals surface area (Å²) < 4.78 is 118. The number of carboxylic acid groups (broad SMARTS) is 1. The summed E-state index contributed by atoms with van der Waals surface area (Å²) in [5.41, 5.74) is 2.03. The highest BCUT2D eigenvalue weighted by molar-refractivity contribution is 6.75. The van der Waals surface area contributed by atoms with Gasteiger partial charge in [0.1, 0.15) is 30.5 Å². The highest BCUT2D eigenvalue weighted by Gasteiger charge is 2.61. The predicted octanol–water partition coefficient (Wildman–Crippen LogP) is 18.9. The zero-order valence-corrected chi connectivity index (χ0v) is 83.8. The average Bonchev–Trinajstić information content (AvgIpc) is 0.745. The Hall–Kier alpha value is -1.55. The van der Waals surface area contributed by atoms with Gasteiger partial charge in [-0.05, 0) is 165 Å². The Morgan fingerprint density at radius 2 is 1.14 bits per heavy atom. The number of methoxy groups -OCH3 is 5. The van der Waals surface area contributed by atoms with Gasteiger partial charge in [-0.3, -0.25) is 0 Å². The second kappa shape index (κ2) is 48.2. The Balaban J connectivity index is 1.71. The fourth-order valence-electron chi connectivity index (χ4n) is 18.1. The molecule has 0 aliphatic carbocycles. The van der Waals surface area contributed by atoms with Gasteiger partial charge in [-0.25, -0.2) is 4.79 Å². The van der Waals surface area contributed by atoms with Crippen LogP contribution in [0.25, 0.3) is 0 Å². The molecule has 4 heterocycles. The van der Waals surface area contributed by atoms with E-state index in [-0.39, 0.29) is 72.7 Å². The Kier molecular flexibility index (Phi) is 44.4. The summed E-state index contributed by atoms with van der Waals surface area (Å²) >= 11 is 0. The summed E-state index contributed by atoms with van der Waals surface area (Å²) in [5.74, 6) is -3.84. The highest BCUT2D eigenvalue weighted by atomic mass is 28.4. The maximum Gasteiger partial charge on any atom is 0.331 e. The van der Waals surface area contributed by atoms with Crippen molar-refractivity contribution >= 4 is 47.6 Å². The largest absolute Gasteiger partial charge is 0.478 e. The van der Waals surface area contributed by atoms with Crippen molar-refractivity contribution < 1.29 is 104 Å². The molecule has 0 radical (unpaired) electrons. The van der Waals surface area contributed by atoms with E-state index in [1.54, 1.807) is 34.3 Å². The van der Waals surface area contributed by atoms with Crippen molar-refractivity contribution in [3.8, 4) is 0 Å². The van der Waals surface area contributed by atoms with Gasteiger partial charge in [0.15, 0.2) is 60.5 Å². The zero-order valence-electron chi connectivity index (χ0n) is 78.8. The molecule has 27 heteroatoms. The summed E-state index contributed by atoms with van der Waals surface area (Å²) in [7, 11) is -3.34. The quantitative estimate of drug-likeness (QED) is 0.0251. The van der Waals surface area contributed by atoms with Crippen LogP contribution in [-0.4, -0.2) is 244 Å². The molecule has 0 aromatic heterocycles. The van der Waals surface area contributed by atoms with E-state index in [0.717, 1.165) is 89.2 Å². The van der Waals surface area contributed by atoms with E-state index < -0.39 is 163 Å². The number of carbonyl (C=O) groups is 1. The number of aliphatic hydroxyl groups excluding tert-OH is 3. The van der Waals surface area contributed by atoms with Crippen LogP contribution in [0, 0.1) is 17.8 Å². The fourth-order valence-corrected chi connectivity index (χ4v) is 31.3. The second-order valence-corrected chi connectivity index (χ2v) is 59.9. The first kappa shape index (κ1) is 107. The molecule has 0 bridgehead atoms. The van der Waals surface area contributed by atoms with E-state index >= 15 is 0 Å². The normalized spacial score (nSPS) is 31.5. The minimum absolute atomic E-state index is 0.00381. The summed E-state index contributed by atoms with van der Waals surface area (Å²) in [6.45, 7) is 60.1. The van der Waals surface area contributed by atoms with Crippen molar-refractivity contribution in [1.29, 1.82) is 0 Å². The average molecular weight is 1730 g/mol. The lowest BCUT2D eigenvalue weighted by atomic mass is 9.76. The molecule has 4 aliphatic rings. The number of rotatable bonds is 51. The lowest BCUT2D eigenvalue weighted by molar-refractivity contribution is -0.372. The van der Waals surface area contributed by atoms with Crippen molar-refractivity contribution in [1.82, 2.24) is 0 Å². The number of ether oxygens (including phenoxy) is 12. The Morgan fingerprint density at radius 1 is 0.612 bits per heavy atom. The monoisotopic (exact) mass is 1730 g/mol. The van der Waals surface area contributed by atoms with Crippen molar-refractivity contribution in [3.05, 3.63) is 58.7 Å². The van der Waals surface area contributed by atoms with Crippen LogP contribution in [-0.2, 0) is 83.8 Å². The molecule has 22 nitrogen and oxygen atoms in total. The summed E-state index contributed by atoms with van der Waals surface area (Å²) in [5, 5.41) is 47.3. The predicted molar refractivity (Wildman–Crippen MR) is 476 cm³/mol. The van der Waals surface area contributed by atoms with E-state index in [4.69, 9.17) is 79.0 Å². The minimum Gasteiger partial charge on any atom is -0.478 e. The maximum absolute atomic E-state index is 13.0. The third kappa shape index (κ3) is 27.7. The first-order valence-corrected chi connectivity index (χ1v) is 57.8. The molecule has 25 atom stereocenters. The fraction of sp³-hybridized carbons (Fsp3) is 0.876. The van der Waals surface area contributed by atoms with Crippen LogP contribution in [0.4, 0.5) is 0 Å². The van der Waals surface area contributed by atoms with Crippen LogP contribution < -0.4 is 0 Å². The molecule has 0 spiro atoms. The Morgan fingerprint density at radius 3 is 1.63 bits per heavy atom. The SMILES string of the molecule is CC[Si](CC)(CC)O[C@H]1[C@H](O[Si](CC)(CC)CC)[C@@H](O[C@H](/C=C/C(C)=C/CC[C@H](O)[C@H](C[C@H](O)[C@@H](O)[C@]2(OC)O[C@H](C[C@H](COC)O[C@H]3C[C@](C)(O[Si](CC)(CC)CC)[C@@H](O[C@H]4C[C@@H](OC)[C@H](O[Si](C)(C)C(C)(C)C)[C@@H](C)O4)[C@H](C)O3)[C@H](C)[C@H](O[Si](CC)(CC)CC)[C@H]2C)OC)[C@H](C)/C=C(C)/C=C(C)/C=C(\C)C(=O)O)O[C@@H](C)[C@@H]1OC. The minimum atomic E-state index is -2.37. The molecular formula is C89H170O22Si5. The number of carboxylic acids is 1. The molecule has 4 rings (SSSR count). The smallest absolute Gasteiger partial charge is 0.331 e. The van der Waals surface area contributed by atoms with Crippen molar-refractivity contribution in [3.63, 3.8) is 0 Å². The topological polar surface area (TPSA) is 255 Å². The van der Waals surface area contributed by atoms with Crippen LogP contribution in [0.15, 0.2) is 58.7 Å². The van der Waals surface area contributed by atoms with Gasteiger partial charge in [-0.2, -0.15) is 0 Å². The standard InChI is InChI=1S/C89H170O22Si5/c1-34-113(35-2,36-3)108-78-64(18)73(54-69(58-95-27)103-77-57-88(26,111-116(43-10,44-11)45-12)84(68(22)101-77)105-76-56-75(97-29)79(66(20)100-76)107-112(32,33)87(23,24)25)106-89(99-31,65(78)19)83(92)71(91)55-74(96-28)70(90)48-46-47-59(13)49-50-72(62(16)52-60(14)51-61(15)53-63(17)85(93)94)104-86-82(110-115(40-7,41-8)42-9)81(80(98-30)67(21)102-86)109-114(37-4,38-5)39-6/h47,49-53,62,64-84,86,90-92H,34-46,48,54-58H2,1-33H3,(H,93,94)/b50-49+,59-47+,60-52+,61-51+,63-53+/t62-,64+,65-,66-,67+,68+,69-,70+,71+,72-,73-,74+,75-,76+,77+,78+,79-,80+,81-,82+,83-,84+,86-,88+,89-/m1/s1. The van der Waals surface area contributed by atoms with Gasteiger partial charge in [-0.15, -0.1) is 0 Å². The molecule has 678 valence electrons. The molecule has 4 aliphatic heterocycles. The lowest BCUT2D eigenvalue weighted by Gasteiger charge is -2.55. The molecule has 4 saturated heterocycles. The van der Waals surface area contributed by atoms with Crippen LogP contribution in [0.5, 0.6) is 0 Å². The number of hydrogen-bond donors (Lipinski definition) is 4. The molecule has 0 unspecified atom stereocenters. The highest BCUT2D eigenvalue weighted by Crippen LogP contribution is 2.49. The van der Waals surface area contributed by atoms with Crippen molar-refractivity contribution in [2.45, 2.75) is 443 Å². The number of hydrogen-bond acceptors (Lipinski definition) is 21. The first-order valence-electron chi connectivity index (χ1n) is 44.7. The molecular weight excluding hydrogens is 1560 g/mol. The van der Waals surface area contributed by atoms with E-state index in [2.05, 4.69) is 156 Å². The van der Waals surface area contributed by atoms with E-state index in [9.17, 15) is 25.2 Å². The molecule has 4 N–H and O–H groups in total. The summed E-state index contributed by atoms with van der Waals surface area (Å²) in [4.78, 5) is 11.8. The Bertz CT molecular complexity index is 2990. The third-order valence-corrected chi connectivity index (χ3v) is 51.0. The van der Waals surface area contributed by atoms with Gasteiger partial charge in [0, 0.05) is 84.6 Å². The zero-order chi connectivity index (χ0) is 87.9. The lowest BCUT2D eigenvalue weighted by Crippen LogP contribution is -2.68. The molecule has 0 aromatic carbocycles. The Labute approximate surface area is 709 Å². The van der Waals surface area contributed by atoms with Crippen LogP contribution >= 0.6 is 0 Å². The first-order chi connectivity index (χ1) is 54.4. The van der Waals surface area contributed by atoms with Crippen LogP contribution in [0.3, 0.4) is 0 Å². The molecule has 116 heavy (non-hydrogen) atoms. The van der Waals surface area contributed by atoms with Gasteiger partial charge < -0.3 is 99.4 Å². The van der Waals surface area contributed by atoms with Crippen LogP contribution in [0.1, 0.15) is 219 Å². The third-order valence-electron chi connectivity index (χ3n) is 27.9. The van der Waals surface area contributed by atoms with Gasteiger partial charge >= 0.3 is 5.97 Å². The molecule has 0 amide bonds. The molecule has 0 saturated carbocycles. The van der Waals surface area contributed by atoms with Gasteiger partial charge in [-0.1, -0.05) is 172 Å². The van der Waals surface area contributed by atoms with Gasteiger partial charge in [0.05, 0.1) is 85.5 Å². The summed E-state index contributed by atoms with van der Waals surface area (Å²) in [6.07, 6.45) is 0.322.